The molecule has 1 aromatic rings. The van der Waals surface area contributed by atoms with Gasteiger partial charge in [0.2, 0.25) is 0 Å². The number of anilines is 1. The third-order valence-electron chi connectivity index (χ3n) is 2.64. The van der Waals surface area contributed by atoms with Crippen molar-refractivity contribution in [3.05, 3.63) is 23.8 Å². The molecule has 0 fully saturated rings. The van der Waals surface area contributed by atoms with Crippen molar-refractivity contribution in [3.8, 4) is 5.75 Å². The molecule has 0 radical (unpaired) electrons. The molecular formula is C15H21NO5. The van der Waals surface area contributed by atoms with Crippen molar-refractivity contribution in [2.75, 3.05) is 26.2 Å². The van der Waals surface area contributed by atoms with Crippen LogP contribution in [-0.4, -0.2) is 38.9 Å². The monoisotopic (exact) mass is 295 g/mol. The van der Waals surface area contributed by atoms with Crippen LogP contribution in [0.25, 0.3) is 0 Å². The lowest BCUT2D eigenvalue weighted by Gasteiger charge is -2.25. The van der Waals surface area contributed by atoms with Crippen LogP contribution in [0.3, 0.4) is 0 Å². The van der Waals surface area contributed by atoms with Crippen LogP contribution in [0.4, 0.5) is 10.5 Å². The molecule has 1 aromatic carbocycles. The molecule has 0 atom stereocenters. The number of carbonyl (C=O) groups is 2. The molecule has 1 rings (SSSR count). The van der Waals surface area contributed by atoms with E-state index in [1.807, 2.05) is 0 Å². The van der Waals surface area contributed by atoms with Gasteiger partial charge in [-0.25, -0.2) is 9.59 Å². The van der Waals surface area contributed by atoms with Crippen LogP contribution in [0.15, 0.2) is 18.2 Å². The Morgan fingerprint density at radius 1 is 1.14 bits per heavy atom. The molecule has 0 saturated carbocycles. The third-order valence-corrected chi connectivity index (χ3v) is 2.64. The fraction of sp³-hybridized carbons (Fsp3) is 0.467. The second kappa shape index (κ2) is 6.47. The Morgan fingerprint density at radius 3 is 2.24 bits per heavy atom. The Kier molecular flexibility index (Phi) is 5.18. The number of rotatable bonds is 3. The average Bonchev–Trinajstić information content (AvgIpc) is 2.43. The molecule has 0 unspecified atom stereocenters. The molecule has 0 saturated heterocycles. The van der Waals surface area contributed by atoms with Gasteiger partial charge in [-0.3, -0.25) is 4.90 Å². The maximum absolute atomic E-state index is 12.1. The highest BCUT2D eigenvalue weighted by atomic mass is 16.6. The van der Waals surface area contributed by atoms with E-state index in [-0.39, 0.29) is 5.56 Å². The molecule has 6 heteroatoms. The van der Waals surface area contributed by atoms with Gasteiger partial charge in [-0.1, -0.05) is 0 Å². The topological polar surface area (TPSA) is 65.1 Å². The molecule has 0 aliphatic carbocycles. The standard InChI is InChI=1S/C15H21NO5/c1-15(2,3)21-14(18)16(4)12-9-10(19-5)7-8-11(12)13(17)20-6/h7-9H,1-6H3. The SMILES string of the molecule is COC(=O)c1ccc(OC)cc1N(C)C(=O)OC(C)(C)C. The van der Waals surface area contributed by atoms with Crippen LogP contribution in [0.5, 0.6) is 5.75 Å². The smallest absolute Gasteiger partial charge is 0.414 e. The second-order valence-electron chi connectivity index (χ2n) is 5.41. The van der Waals surface area contributed by atoms with E-state index in [2.05, 4.69) is 0 Å². The largest absolute Gasteiger partial charge is 0.497 e. The first kappa shape index (κ1) is 16.8. The minimum Gasteiger partial charge on any atom is -0.497 e. The van der Waals surface area contributed by atoms with Crippen molar-refractivity contribution < 1.29 is 23.8 Å². The van der Waals surface area contributed by atoms with Gasteiger partial charge in [-0.2, -0.15) is 0 Å². The summed E-state index contributed by atoms with van der Waals surface area (Å²) in [6.07, 6.45) is -0.569. The van der Waals surface area contributed by atoms with E-state index in [1.54, 1.807) is 39.0 Å². The summed E-state index contributed by atoms with van der Waals surface area (Å²) in [6.45, 7) is 5.31. The van der Waals surface area contributed by atoms with Crippen LogP contribution in [-0.2, 0) is 9.47 Å². The zero-order valence-electron chi connectivity index (χ0n) is 13.2. The van der Waals surface area contributed by atoms with Crippen molar-refractivity contribution in [2.24, 2.45) is 0 Å². The summed E-state index contributed by atoms with van der Waals surface area (Å²) < 4.78 is 15.1. The second-order valence-corrected chi connectivity index (χ2v) is 5.41. The Balaban J connectivity index is 3.19. The molecule has 1 amide bonds. The number of methoxy groups -OCH3 is 2. The van der Waals surface area contributed by atoms with Gasteiger partial charge in [0.1, 0.15) is 11.4 Å². The molecule has 0 aliphatic heterocycles. The van der Waals surface area contributed by atoms with Crippen molar-refractivity contribution in [1.82, 2.24) is 0 Å². The lowest BCUT2D eigenvalue weighted by molar-refractivity contribution is 0.0587. The zero-order valence-corrected chi connectivity index (χ0v) is 13.2. The quantitative estimate of drug-likeness (QED) is 0.802. The van der Waals surface area contributed by atoms with Crippen LogP contribution in [0, 0.1) is 0 Å². The van der Waals surface area contributed by atoms with Gasteiger partial charge in [0.25, 0.3) is 0 Å². The summed E-state index contributed by atoms with van der Waals surface area (Å²) in [5.74, 6) is -0.0175. The van der Waals surface area contributed by atoms with Gasteiger partial charge in [0, 0.05) is 13.1 Å². The lowest BCUT2D eigenvalue weighted by Crippen LogP contribution is -2.35. The molecule has 0 N–H and O–H groups in total. The lowest BCUT2D eigenvalue weighted by atomic mass is 10.1. The molecule has 6 nitrogen and oxygen atoms in total. The average molecular weight is 295 g/mol. The number of nitrogens with zero attached hydrogens (tertiary/aromatic N) is 1. The highest BCUT2D eigenvalue weighted by Gasteiger charge is 2.24. The van der Waals surface area contributed by atoms with E-state index in [1.165, 1.54) is 26.2 Å². The van der Waals surface area contributed by atoms with Gasteiger partial charge in [-0.15, -0.1) is 0 Å². The van der Waals surface area contributed by atoms with Gasteiger partial charge < -0.3 is 14.2 Å². The zero-order chi connectivity index (χ0) is 16.2. The Bertz CT molecular complexity index is 533. The maximum atomic E-state index is 12.1. The number of esters is 1. The molecule has 0 heterocycles. The van der Waals surface area contributed by atoms with E-state index in [9.17, 15) is 9.59 Å². The van der Waals surface area contributed by atoms with Crippen molar-refractivity contribution >= 4 is 17.7 Å². The van der Waals surface area contributed by atoms with Gasteiger partial charge in [-0.05, 0) is 32.9 Å². The van der Waals surface area contributed by atoms with Crippen molar-refractivity contribution in [3.63, 3.8) is 0 Å². The molecule has 0 aromatic heterocycles. The number of amides is 1. The summed E-state index contributed by atoms with van der Waals surface area (Å²) in [7, 11) is 4.31. The van der Waals surface area contributed by atoms with E-state index in [0.717, 1.165) is 0 Å². The normalized spacial score (nSPS) is 10.8. The molecular weight excluding hydrogens is 274 g/mol. The number of carbonyl (C=O) groups excluding carboxylic acids is 2. The van der Waals surface area contributed by atoms with Crippen LogP contribution in [0.2, 0.25) is 0 Å². The van der Waals surface area contributed by atoms with Crippen molar-refractivity contribution in [1.29, 1.82) is 0 Å². The van der Waals surface area contributed by atoms with Gasteiger partial charge >= 0.3 is 12.1 Å². The van der Waals surface area contributed by atoms with Gasteiger partial charge in [0.15, 0.2) is 0 Å². The summed E-state index contributed by atoms with van der Waals surface area (Å²) in [5, 5.41) is 0. The predicted molar refractivity (Wildman–Crippen MR) is 79.0 cm³/mol. The first-order valence-corrected chi connectivity index (χ1v) is 6.42. The van der Waals surface area contributed by atoms with E-state index in [4.69, 9.17) is 14.2 Å². The van der Waals surface area contributed by atoms with Crippen molar-refractivity contribution in [2.45, 2.75) is 26.4 Å². The van der Waals surface area contributed by atoms with E-state index < -0.39 is 17.7 Å². The minimum absolute atomic E-state index is 0.256. The predicted octanol–water partition coefficient (Wildman–Crippen LogP) is 2.85. The number of hydrogen-bond donors (Lipinski definition) is 0. The number of ether oxygens (including phenoxy) is 3. The minimum atomic E-state index is -0.629. The van der Waals surface area contributed by atoms with Crippen LogP contribution >= 0.6 is 0 Å². The Hall–Kier alpha value is -2.24. The Morgan fingerprint density at radius 2 is 1.76 bits per heavy atom. The number of benzene rings is 1. The summed E-state index contributed by atoms with van der Waals surface area (Å²) in [4.78, 5) is 25.2. The Labute approximate surface area is 124 Å². The molecule has 0 bridgehead atoms. The molecule has 116 valence electrons. The number of hydrogen-bond acceptors (Lipinski definition) is 5. The van der Waals surface area contributed by atoms with E-state index in [0.29, 0.717) is 11.4 Å². The highest BCUT2D eigenvalue weighted by molar-refractivity contribution is 6.01. The highest BCUT2D eigenvalue weighted by Crippen LogP contribution is 2.27. The van der Waals surface area contributed by atoms with Crippen LogP contribution < -0.4 is 9.64 Å². The van der Waals surface area contributed by atoms with Gasteiger partial charge in [0.05, 0.1) is 25.5 Å². The molecule has 0 spiro atoms. The van der Waals surface area contributed by atoms with E-state index >= 15 is 0 Å². The first-order valence-electron chi connectivity index (χ1n) is 6.42. The molecule has 21 heavy (non-hydrogen) atoms. The molecule has 0 aliphatic rings. The third kappa shape index (κ3) is 4.37. The first-order chi connectivity index (χ1) is 9.69. The summed E-state index contributed by atoms with van der Waals surface area (Å²) in [6, 6.07) is 4.75. The maximum Gasteiger partial charge on any atom is 0.414 e. The fourth-order valence-corrected chi connectivity index (χ4v) is 1.63. The fourth-order valence-electron chi connectivity index (χ4n) is 1.63. The summed E-state index contributed by atoms with van der Waals surface area (Å²) >= 11 is 0. The summed E-state index contributed by atoms with van der Waals surface area (Å²) in [5.41, 5.74) is -0.0163. The van der Waals surface area contributed by atoms with Crippen LogP contribution in [0.1, 0.15) is 31.1 Å².